The predicted molar refractivity (Wildman–Crippen MR) is 63.2 cm³/mol. The van der Waals surface area contributed by atoms with E-state index < -0.39 is 29.9 Å². The van der Waals surface area contributed by atoms with Gasteiger partial charge in [0.15, 0.2) is 0 Å². The van der Waals surface area contributed by atoms with Crippen LogP contribution in [0, 0.1) is 0 Å². The fourth-order valence-electron chi connectivity index (χ4n) is 0.812. The Labute approximate surface area is 109 Å². The smallest absolute Gasteiger partial charge is 0.320 e. The zero-order valence-corrected chi connectivity index (χ0v) is 10.2. The number of nitrogens with two attached hydrogens (primary N) is 2. The summed E-state index contributed by atoms with van der Waals surface area (Å²) in [5, 5.41) is 24.3. The SMILES string of the molecule is NC(=O)CC[C@H](N)C(=O)O.O=C(O)CCCC(=O)O. The lowest BCUT2D eigenvalue weighted by molar-refractivity contribution is -0.140. The van der Waals surface area contributed by atoms with E-state index in [1.54, 1.807) is 0 Å². The Morgan fingerprint density at radius 2 is 1.32 bits per heavy atom. The van der Waals surface area contributed by atoms with Crippen molar-refractivity contribution in [2.75, 3.05) is 0 Å². The minimum Gasteiger partial charge on any atom is -0.481 e. The lowest BCUT2D eigenvalue weighted by Crippen LogP contribution is -2.31. The van der Waals surface area contributed by atoms with Gasteiger partial charge in [-0.3, -0.25) is 19.2 Å². The first-order valence-electron chi connectivity index (χ1n) is 5.37. The second-order valence-electron chi connectivity index (χ2n) is 3.59. The first kappa shape index (κ1) is 19.2. The van der Waals surface area contributed by atoms with E-state index in [1.165, 1.54) is 0 Å². The van der Waals surface area contributed by atoms with Gasteiger partial charge in [0, 0.05) is 19.3 Å². The Morgan fingerprint density at radius 1 is 0.895 bits per heavy atom. The zero-order valence-electron chi connectivity index (χ0n) is 10.2. The van der Waals surface area contributed by atoms with Gasteiger partial charge in [-0.1, -0.05) is 0 Å². The zero-order chi connectivity index (χ0) is 15.4. The van der Waals surface area contributed by atoms with Crippen LogP contribution < -0.4 is 11.5 Å². The van der Waals surface area contributed by atoms with Crippen LogP contribution >= 0.6 is 0 Å². The monoisotopic (exact) mass is 278 g/mol. The fraction of sp³-hybridized carbons (Fsp3) is 0.600. The van der Waals surface area contributed by atoms with Gasteiger partial charge in [-0.05, 0) is 12.8 Å². The lowest BCUT2D eigenvalue weighted by atomic mass is 10.2. The molecule has 0 saturated heterocycles. The van der Waals surface area contributed by atoms with E-state index in [9.17, 15) is 19.2 Å². The first-order valence-corrected chi connectivity index (χ1v) is 5.37. The van der Waals surface area contributed by atoms with Crippen LogP contribution in [-0.2, 0) is 19.2 Å². The maximum absolute atomic E-state index is 10.1. The second kappa shape index (κ2) is 11.0. The molecule has 1 atom stereocenters. The van der Waals surface area contributed by atoms with Crippen LogP contribution in [0.25, 0.3) is 0 Å². The minimum absolute atomic E-state index is 0.0213. The highest BCUT2D eigenvalue weighted by atomic mass is 16.4. The van der Waals surface area contributed by atoms with Crippen LogP contribution in [0.2, 0.25) is 0 Å². The molecule has 9 nitrogen and oxygen atoms in total. The normalized spacial score (nSPS) is 10.8. The van der Waals surface area contributed by atoms with Gasteiger partial charge in [-0.15, -0.1) is 0 Å². The van der Waals surface area contributed by atoms with E-state index in [0.717, 1.165) is 0 Å². The molecule has 0 aromatic heterocycles. The number of primary amides is 1. The topological polar surface area (TPSA) is 181 Å². The van der Waals surface area contributed by atoms with E-state index >= 15 is 0 Å². The number of carboxylic acids is 3. The Kier molecular flexibility index (Phi) is 11.1. The van der Waals surface area contributed by atoms with Gasteiger partial charge in [-0.2, -0.15) is 0 Å². The van der Waals surface area contributed by atoms with Crippen LogP contribution in [0.3, 0.4) is 0 Å². The van der Waals surface area contributed by atoms with Gasteiger partial charge in [0.1, 0.15) is 6.04 Å². The van der Waals surface area contributed by atoms with Crippen LogP contribution in [0.5, 0.6) is 0 Å². The first-order chi connectivity index (χ1) is 8.66. The molecule has 19 heavy (non-hydrogen) atoms. The standard InChI is InChI=1S/C5H10N2O3.C5H8O4/c6-3(5(9)10)1-2-4(7)8;6-4(7)2-1-3-5(8)9/h3H,1-2,6H2,(H2,7,8)(H,9,10);1-3H2,(H,6,7)(H,8,9)/t3-;/m0./s1. The number of aliphatic carboxylic acids is 3. The summed E-state index contributed by atoms with van der Waals surface area (Å²) in [6.45, 7) is 0. The van der Waals surface area contributed by atoms with Crippen molar-refractivity contribution in [1.82, 2.24) is 0 Å². The highest BCUT2D eigenvalue weighted by molar-refractivity contribution is 5.77. The van der Waals surface area contributed by atoms with Crippen molar-refractivity contribution in [2.45, 2.75) is 38.1 Å². The third kappa shape index (κ3) is 18.4. The Balaban J connectivity index is 0. The third-order valence-electron chi connectivity index (χ3n) is 1.80. The number of carbonyl (C=O) groups excluding carboxylic acids is 1. The van der Waals surface area contributed by atoms with E-state index in [4.69, 9.17) is 26.8 Å². The van der Waals surface area contributed by atoms with Crippen molar-refractivity contribution in [3.8, 4) is 0 Å². The highest BCUT2D eigenvalue weighted by Gasteiger charge is 2.11. The van der Waals surface area contributed by atoms with Gasteiger partial charge < -0.3 is 26.8 Å². The average Bonchev–Trinajstić information content (AvgIpc) is 2.25. The van der Waals surface area contributed by atoms with E-state index in [1.807, 2.05) is 0 Å². The summed E-state index contributed by atoms with van der Waals surface area (Å²) < 4.78 is 0. The molecule has 0 fully saturated rings. The van der Waals surface area contributed by atoms with E-state index in [2.05, 4.69) is 0 Å². The largest absolute Gasteiger partial charge is 0.481 e. The number of hydrogen-bond acceptors (Lipinski definition) is 5. The quantitative estimate of drug-likeness (QED) is 0.374. The number of rotatable bonds is 8. The molecule has 0 radical (unpaired) electrons. The molecule has 0 heterocycles. The summed E-state index contributed by atoms with van der Waals surface area (Å²) in [7, 11) is 0. The van der Waals surface area contributed by atoms with Crippen LogP contribution in [-0.4, -0.2) is 45.2 Å². The summed E-state index contributed by atoms with van der Waals surface area (Å²) in [4.78, 5) is 39.7. The molecule has 0 aliphatic heterocycles. The maximum Gasteiger partial charge on any atom is 0.320 e. The Hall–Kier alpha value is -2.16. The molecular formula is C10H18N2O7. The fourth-order valence-corrected chi connectivity index (χ4v) is 0.812. The molecule has 110 valence electrons. The number of hydrogen-bond donors (Lipinski definition) is 5. The molecule has 0 aliphatic carbocycles. The summed E-state index contributed by atoms with van der Waals surface area (Å²) in [6.07, 6.45) is 0.210. The molecule has 9 heteroatoms. The second-order valence-corrected chi connectivity index (χ2v) is 3.59. The minimum atomic E-state index is -1.11. The molecule has 7 N–H and O–H groups in total. The van der Waals surface area contributed by atoms with Crippen molar-refractivity contribution < 1.29 is 34.5 Å². The number of carbonyl (C=O) groups is 4. The predicted octanol–water partition coefficient (Wildman–Crippen LogP) is -1.01. The number of amides is 1. The Bertz CT molecular complexity index is 316. The van der Waals surface area contributed by atoms with Gasteiger partial charge >= 0.3 is 17.9 Å². The van der Waals surface area contributed by atoms with Crippen LogP contribution in [0.4, 0.5) is 0 Å². The molecule has 0 spiro atoms. The molecule has 1 amide bonds. The van der Waals surface area contributed by atoms with Gasteiger partial charge in [-0.25, -0.2) is 0 Å². The van der Waals surface area contributed by atoms with E-state index in [0.29, 0.717) is 0 Å². The maximum atomic E-state index is 10.1. The molecule has 0 unspecified atom stereocenters. The molecule has 0 aromatic rings. The van der Waals surface area contributed by atoms with Crippen LogP contribution in [0.1, 0.15) is 32.1 Å². The summed E-state index contributed by atoms with van der Waals surface area (Å²) in [5.41, 5.74) is 9.81. The molecule has 0 aliphatic rings. The summed E-state index contributed by atoms with van der Waals surface area (Å²) >= 11 is 0. The van der Waals surface area contributed by atoms with Crippen molar-refractivity contribution in [2.24, 2.45) is 11.5 Å². The molecule has 0 rings (SSSR count). The molecule has 0 bridgehead atoms. The summed E-state index contributed by atoms with van der Waals surface area (Å²) in [5.74, 6) is -3.54. The molecular weight excluding hydrogens is 260 g/mol. The van der Waals surface area contributed by atoms with Crippen molar-refractivity contribution >= 4 is 23.8 Å². The molecule has 0 saturated carbocycles. The molecule has 0 aromatic carbocycles. The van der Waals surface area contributed by atoms with Gasteiger partial charge in [0.25, 0.3) is 0 Å². The third-order valence-corrected chi connectivity index (χ3v) is 1.80. The van der Waals surface area contributed by atoms with Crippen molar-refractivity contribution in [3.63, 3.8) is 0 Å². The van der Waals surface area contributed by atoms with Gasteiger partial charge in [0.2, 0.25) is 5.91 Å². The van der Waals surface area contributed by atoms with E-state index in [-0.39, 0.29) is 32.1 Å². The average molecular weight is 278 g/mol. The Morgan fingerprint density at radius 3 is 1.58 bits per heavy atom. The summed E-state index contributed by atoms with van der Waals surface area (Å²) in [6, 6.07) is -0.979. The van der Waals surface area contributed by atoms with Crippen LogP contribution in [0.15, 0.2) is 0 Å². The number of carboxylic acid groups (broad SMARTS) is 3. The highest BCUT2D eigenvalue weighted by Crippen LogP contribution is 1.93. The van der Waals surface area contributed by atoms with Crippen molar-refractivity contribution in [1.29, 1.82) is 0 Å². The van der Waals surface area contributed by atoms with Gasteiger partial charge in [0.05, 0.1) is 0 Å². The lowest BCUT2D eigenvalue weighted by Gasteiger charge is -2.01. The van der Waals surface area contributed by atoms with Crippen molar-refractivity contribution in [3.05, 3.63) is 0 Å².